The number of guanidine groups is 1. The maximum absolute atomic E-state index is 5.19. The van der Waals surface area contributed by atoms with Gasteiger partial charge < -0.3 is 14.7 Å². The molecule has 0 bridgehead atoms. The van der Waals surface area contributed by atoms with Crippen LogP contribution in [0, 0.1) is 18.8 Å². The number of halogens is 1. The molecular formula is C21H36IN5O. The van der Waals surface area contributed by atoms with Gasteiger partial charge in [0.2, 0.25) is 0 Å². The van der Waals surface area contributed by atoms with Crippen molar-refractivity contribution in [2.24, 2.45) is 16.8 Å². The summed E-state index contributed by atoms with van der Waals surface area (Å²) in [6.45, 7) is 9.97. The lowest BCUT2D eigenvalue weighted by molar-refractivity contribution is 0.168. The van der Waals surface area contributed by atoms with Crippen molar-refractivity contribution in [3.8, 4) is 0 Å². The molecular weight excluding hydrogens is 465 g/mol. The molecule has 0 spiro atoms. The fraction of sp³-hybridized carbons (Fsp3) is 0.810. The van der Waals surface area contributed by atoms with Gasteiger partial charge in [-0.05, 0) is 32.1 Å². The van der Waals surface area contributed by atoms with Gasteiger partial charge in [-0.25, -0.2) is 0 Å². The summed E-state index contributed by atoms with van der Waals surface area (Å²) in [5.74, 6) is 3.88. The van der Waals surface area contributed by atoms with Gasteiger partial charge in [0, 0.05) is 51.4 Å². The summed E-state index contributed by atoms with van der Waals surface area (Å²) >= 11 is 0. The van der Waals surface area contributed by atoms with E-state index in [4.69, 9.17) is 9.52 Å². The lowest BCUT2D eigenvalue weighted by Gasteiger charge is -2.36. The van der Waals surface area contributed by atoms with Crippen molar-refractivity contribution >= 4 is 29.9 Å². The minimum Gasteiger partial charge on any atom is -0.361 e. The van der Waals surface area contributed by atoms with Crippen LogP contribution in [-0.4, -0.2) is 59.7 Å². The lowest BCUT2D eigenvalue weighted by atomic mass is 9.85. The highest BCUT2D eigenvalue weighted by atomic mass is 127. The summed E-state index contributed by atoms with van der Waals surface area (Å²) in [6, 6.07) is 2.70. The van der Waals surface area contributed by atoms with Crippen LogP contribution < -0.4 is 5.32 Å². The number of nitrogens with one attached hydrogen (secondary N) is 1. The minimum atomic E-state index is 0. The van der Waals surface area contributed by atoms with Gasteiger partial charge in [-0.3, -0.25) is 9.89 Å². The number of hydrogen-bond donors (Lipinski definition) is 1. The van der Waals surface area contributed by atoms with Crippen LogP contribution in [-0.2, 0) is 6.54 Å². The van der Waals surface area contributed by atoms with E-state index in [1.54, 1.807) is 0 Å². The van der Waals surface area contributed by atoms with E-state index >= 15 is 0 Å². The molecule has 6 nitrogen and oxygen atoms in total. The molecule has 2 saturated carbocycles. The zero-order valence-electron chi connectivity index (χ0n) is 17.4. The number of piperazine rings is 1. The molecule has 1 aliphatic heterocycles. The van der Waals surface area contributed by atoms with E-state index in [1.807, 2.05) is 13.0 Å². The molecule has 2 aliphatic carbocycles. The standard InChI is InChI=1S/C21H35N5O.HI/c1-3-22-21(23-20-14-19(20)17-7-5-4-6-8-17)26-11-9-25(10-12-26)15-18-13-16(2)27-24-18;/h13,17,19-20H,3-12,14-15H2,1-2H3,(H,22,23);1H. The normalized spacial score (nSPS) is 26.8. The quantitative estimate of drug-likeness (QED) is 0.379. The second-order valence-electron chi connectivity index (χ2n) is 8.54. The predicted octanol–water partition coefficient (Wildman–Crippen LogP) is 3.65. The molecule has 4 rings (SSSR count). The van der Waals surface area contributed by atoms with Crippen LogP contribution in [0.15, 0.2) is 15.6 Å². The van der Waals surface area contributed by atoms with Crippen molar-refractivity contribution in [3.63, 3.8) is 0 Å². The first-order valence-electron chi connectivity index (χ1n) is 10.9. The first-order chi connectivity index (χ1) is 13.2. The number of aliphatic imine (C=N–C) groups is 1. The number of rotatable bonds is 5. The number of hydrogen-bond acceptors (Lipinski definition) is 4. The third-order valence-corrected chi connectivity index (χ3v) is 6.45. The molecule has 1 aromatic rings. The summed E-state index contributed by atoms with van der Waals surface area (Å²) in [7, 11) is 0. The van der Waals surface area contributed by atoms with Crippen molar-refractivity contribution in [3.05, 3.63) is 17.5 Å². The Balaban J connectivity index is 0.00000225. The summed E-state index contributed by atoms with van der Waals surface area (Å²) in [5.41, 5.74) is 1.04. The van der Waals surface area contributed by atoms with Crippen LogP contribution in [0.1, 0.15) is 56.9 Å². The number of aryl methyl sites for hydroxylation is 1. The van der Waals surface area contributed by atoms with Gasteiger partial charge in [0.05, 0.1) is 5.69 Å². The second kappa shape index (κ2) is 10.3. The van der Waals surface area contributed by atoms with Crippen LogP contribution in [0.4, 0.5) is 0 Å². The van der Waals surface area contributed by atoms with Crippen molar-refractivity contribution in [2.75, 3.05) is 32.7 Å². The van der Waals surface area contributed by atoms with Crippen molar-refractivity contribution < 1.29 is 4.52 Å². The molecule has 2 atom stereocenters. The molecule has 0 amide bonds. The molecule has 1 N–H and O–H groups in total. The van der Waals surface area contributed by atoms with Crippen LogP contribution in [0.2, 0.25) is 0 Å². The molecule has 1 aromatic heterocycles. The fourth-order valence-electron chi connectivity index (χ4n) is 4.86. The number of aromatic nitrogens is 1. The van der Waals surface area contributed by atoms with Gasteiger partial charge in [-0.1, -0.05) is 37.3 Å². The van der Waals surface area contributed by atoms with E-state index in [1.165, 1.54) is 38.5 Å². The molecule has 2 unspecified atom stereocenters. The molecule has 7 heteroatoms. The summed E-state index contributed by atoms with van der Waals surface area (Å²) in [5, 5.41) is 7.93. The van der Waals surface area contributed by atoms with E-state index < -0.39 is 0 Å². The van der Waals surface area contributed by atoms with E-state index in [-0.39, 0.29) is 24.0 Å². The molecule has 0 aromatic carbocycles. The molecule has 3 aliphatic rings. The van der Waals surface area contributed by atoms with Gasteiger partial charge in [-0.2, -0.15) is 0 Å². The summed E-state index contributed by atoms with van der Waals surface area (Å²) in [4.78, 5) is 9.71. The Morgan fingerprint density at radius 1 is 1.21 bits per heavy atom. The van der Waals surface area contributed by atoms with Crippen LogP contribution in [0.3, 0.4) is 0 Å². The Hall–Kier alpha value is -0.830. The molecule has 0 radical (unpaired) electrons. The van der Waals surface area contributed by atoms with Crippen molar-refractivity contribution in [2.45, 2.75) is 65.0 Å². The zero-order valence-corrected chi connectivity index (χ0v) is 19.7. The van der Waals surface area contributed by atoms with Gasteiger partial charge >= 0.3 is 0 Å². The topological polar surface area (TPSA) is 56.9 Å². The Labute approximate surface area is 186 Å². The molecule has 2 heterocycles. The van der Waals surface area contributed by atoms with Crippen LogP contribution >= 0.6 is 24.0 Å². The van der Waals surface area contributed by atoms with Crippen molar-refractivity contribution in [1.82, 2.24) is 20.3 Å². The lowest BCUT2D eigenvalue weighted by Crippen LogP contribution is -2.52. The average molecular weight is 501 g/mol. The third kappa shape index (κ3) is 5.62. The minimum absolute atomic E-state index is 0. The highest BCUT2D eigenvalue weighted by Gasteiger charge is 2.43. The fourth-order valence-corrected chi connectivity index (χ4v) is 4.86. The van der Waals surface area contributed by atoms with Crippen LogP contribution in [0.5, 0.6) is 0 Å². The van der Waals surface area contributed by atoms with E-state index in [0.717, 1.165) is 68.5 Å². The SMILES string of the molecule is CCN=C(NC1CC1C1CCCCC1)N1CCN(Cc2cc(C)on2)CC1.I. The summed E-state index contributed by atoms with van der Waals surface area (Å²) in [6.07, 6.45) is 8.57. The average Bonchev–Trinajstić information content (AvgIpc) is 3.35. The maximum Gasteiger partial charge on any atom is 0.194 e. The zero-order chi connectivity index (χ0) is 18.6. The third-order valence-electron chi connectivity index (χ3n) is 6.45. The largest absolute Gasteiger partial charge is 0.361 e. The Kier molecular flexibility index (Phi) is 8.02. The Bertz CT molecular complexity index is 634. The number of nitrogens with zero attached hydrogens (tertiary/aromatic N) is 4. The van der Waals surface area contributed by atoms with Gasteiger partial charge in [-0.15, -0.1) is 24.0 Å². The van der Waals surface area contributed by atoms with Crippen molar-refractivity contribution in [1.29, 1.82) is 0 Å². The Morgan fingerprint density at radius 2 is 1.96 bits per heavy atom. The maximum atomic E-state index is 5.19. The van der Waals surface area contributed by atoms with Gasteiger partial charge in [0.25, 0.3) is 0 Å². The molecule has 158 valence electrons. The Morgan fingerprint density at radius 3 is 2.61 bits per heavy atom. The summed E-state index contributed by atoms with van der Waals surface area (Å²) < 4.78 is 5.19. The molecule has 28 heavy (non-hydrogen) atoms. The first-order valence-corrected chi connectivity index (χ1v) is 10.9. The van der Waals surface area contributed by atoms with E-state index in [2.05, 4.69) is 27.2 Å². The highest BCUT2D eigenvalue weighted by Crippen LogP contribution is 2.44. The first kappa shape index (κ1) is 21.9. The van der Waals surface area contributed by atoms with Crippen LogP contribution in [0.25, 0.3) is 0 Å². The van der Waals surface area contributed by atoms with E-state index in [9.17, 15) is 0 Å². The highest BCUT2D eigenvalue weighted by molar-refractivity contribution is 14.0. The molecule has 3 fully saturated rings. The van der Waals surface area contributed by atoms with E-state index in [0.29, 0.717) is 6.04 Å². The van der Waals surface area contributed by atoms with Gasteiger partial charge in [0.15, 0.2) is 5.96 Å². The predicted molar refractivity (Wildman–Crippen MR) is 123 cm³/mol. The second-order valence-corrected chi connectivity index (χ2v) is 8.54. The molecule has 1 saturated heterocycles. The monoisotopic (exact) mass is 501 g/mol. The van der Waals surface area contributed by atoms with Gasteiger partial charge in [0.1, 0.15) is 5.76 Å². The smallest absolute Gasteiger partial charge is 0.194 e.